The molecular formula is C16H24BrN3OS. The van der Waals surface area contributed by atoms with Gasteiger partial charge in [-0.2, -0.15) is 11.8 Å². The van der Waals surface area contributed by atoms with Gasteiger partial charge in [-0.3, -0.25) is 0 Å². The molecule has 1 unspecified atom stereocenters. The first-order chi connectivity index (χ1) is 10.7. The van der Waals surface area contributed by atoms with Gasteiger partial charge in [-0.05, 0) is 59.1 Å². The van der Waals surface area contributed by atoms with E-state index in [0.29, 0.717) is 6.54 Å². The molecule has 1 aliphatic heterocycles. The third kappa shape index (κ3) is 5.39. The van der Waals surface area contributed by atoms with Gasteiger partial charge in [-0.1, -0.05) is 6.07 Å². The van der Waals surface area contributed by atoms with Crippen LogP contribution >= 0.6 is 27.7 Å². The monoisotopic (exact) mass is 385 g/mol. The molecule has 1 aliphatic rings. The van der Waals surface area contributed by atoms with E-state index in [9.17, 15) is 0 Å². The standard InChI is InChI=1S/C16H24BrN3OS/c1-3-18-16(20-11-13-5-4-8-22-13)19-10-12-6-7-15(21-2)14(17)9-12/h6-7,9,13H,3-5,8,10-11H2,1-2H3,(H2,18,19,20). The molecule has 6 heteroatoms. The summed E-state index contributed by atoms with van der Waals surface area (Å²) < 4.78 is 6.21. The van der Waals surface area contributed by atoms with Gasteiger partial charge in [-0.15, -0.1) is 0 Å². The molecule has 4 nitrogen and oxygen atoms in total. The Kier molecular flexibility index (Phi) is 7.39. The number of hydrogen-bond acceptors (Lipinski definition) is 3. The fraction of sp³-hybridized carbons (Fsp3) is 0.562. The second kappa shape index (κ2) is 9.30. The zero-order chi connectivity index (χ0) is 15.8. The van der Waals surface area contributed by atoms with Crippen molar-refractivity contribution in [1.82, 2.24) is 10.6 Å². The lowest BCUT2D eigenvalue weighted by molar-refractivity contribution is 0.412. The number of methoxy groups -OCH3 is 1. The molecule has 1 atom stereocenters. The third-order valence-electron chi connectivity index (χ3n) is 3.50. The lowest BCUT2D eigenvalue weighted by atomic mass is 10.2. The highest BCUT2D eigenvalue weighted by Gasteiger charge is 2.15. The number of halogens is 1. The predicted octanol–water partition coefficient (Wildman–Crippen LogP) is 3.41. The van der Waals surface area contributed by atoms with E-state index in [0.717, 1.165) is 40.1 Å². The molecule has 0 bridgehead atoms. The molecule has 0 aromatic heterocycles. The molecule has 2 rings (SSSR count). The maximum Gasteiger partial charge on any atom is 0.191 e. The van der Waals surface area contributed by atoms with Crippen LogP contribution in [0, 0.1) is 0 Å². The molecule has 1 aromatic rings. The van der Waals surface area contributed by atoms with Crippen LogP contribution in [0.5, 0.6) is 5.75 Å². The van der Waals surface area contributed by atoms with Crippen LogP contribution in [0.4, 0.5) is 0 Å². The van der Waals surface area contributed by atoms with Crippen LogP contribution in [0.15, 0.2) is 27.7 Å². The number of benzene rings is 1. The third-order valence-corrected chi connectivity index (χ3v) is 5.52. The van der Waals surface area contributed by atoms with Crippen LogP contribution < -0.4 is 15.4 Å². The quantitative estimate of drug-likeness (QED) is 0.581. The van der Waals surface area contributed by atoms with Gasteiger partial charge in [0.15, 0.2) is 5.96 Å². The number of nitrogens with zero attached hydrogens (tertiary/aromatic N) is 1. The summed E-state index contributed by atoms with van der Waals surface area (Å²) in [5.74, 6) is 3.03. The van der Waals surface area contributed by atoms with Gasteiger partial charge in [-0.25, -0.2) is 4.99 Å². The van der Waals surface area contributed by atoms with Crippen molar-refractivity contribution in [2.24, 2.45) is 4.99 Å². The summed E-state index contributed by atoms with van der Waals surface area (Å²) in [5.41, 5.74) is 1.15. The Hall–Kier alpha value is -0.880. The first kappa shape index (κ1) is 17.5. The van der Waals surface area contributed by atoms with Gasteiger partial charge in [0.05, 0.1) is 18.1 Å². The Morgan fingerprint density at radius 1 is 1.45 bits per heavy atom. The van der Waals surface area contributed by atoms with Crippen molar-refractivity contribution >= 4 is 33.7 Å². The summed E-state index contributed by atoms with van der Waals surface area (Å²) >= 11 is 5.57. The number of rotatable bonds is 6. The van der Waals surface area contributed by atoms with Gasteiger partial charge in [0.25, 0.3) is 0 Å². The molecule has 1 fully saturated rings. The van der Waals surface area contributed by atoms with E-state index in [1.807, 2.05) is 12.1 Å². The highest BCUT2D eigenvalue weighted by molar-refractivity contribution is 9.10. The van der Waals surface area contributed by atoms with Crippen molar-refractivity contribution in [3.05, 3.63) is 28.2 Å². The Balaban J connectivity index is 1.92. The number of aliphatic imine (C=N–C) groups is 1. The van der Waals surface area contributed by atoms with Crippen LogP contribution in [0.2, 0.25) is 0 Å². The van der Waals surface area contributed by atoms with Gasteiger partial charge in [0, 0.05) is 18.3 Å². The molecule has 1 heterocycles. The van der Waals surface area contributed by atoms with Gasteiger partial charge in [0.2, 0.25) is 0 Å². The minimum absolute atomic E-state index is 0.649. The number of nitrogens with one attached hydrogen (secondary N) is 2. The summed E-state index contributed by atoms with van der Waals surface area (Å²) in [7, 11) is 1.67. The van der Waals surface area contributed by atoms with E-state index in [2.05, 4.69) is 56.3 Å². The van der Waals surface area contributed by atoms with Gasteiger partial charge < -0.3 is 15.4 Å². The molecule has 0 amide bonds. The normalized spacial score (nSPS) is 18.3. The van der Waals surface area contributed by atoms with E-state index >= 15 is 0 Å². The highest BCUT2D eigenvalue weighted by Crippen LogP contribution is 2.26. The molecule has 0 spiro atoms. The average Bonchev–Trinajstić information content (AvgIpc) is 3.03. The molecule has 1 saturated heterocycles. The fourth-order valence-electron chi connectivity index (χ4n) is 2.34. The van der Waals surface area contributed by atoms with Crippen molar-refractivity contribution in [1.29, 1.82) is 0 Å². The maximum absolute atomic E-state index is 5.25. The Bertz CT molecular complexity index is 504. The zero-order valence-electron chi connectivity index (χ0n) is 13.2. The van der Waals surface area contributed by atoms with E-state index in [1.165, 1.54) is 18.6 Å². The number of hydrogen-bond donors (Lipinski definition) is 2. The maximum atomic E-state index is 5.25. The molecule has 122 valence electrons. The molecule has 0 aliphatic carbocycles. The molecule has 1 aromatic carbocycles. The summed E-state index contributed by atoms with van der Waals surface area (Å²) in [6, 6.07) is 6.06. The number of guanidine groups is 1. The lowest BCUT2D eigenvalue weighted by Gasteiger charge is -2.14. The first-order valence-electron chi connectivity index (χ1n) is 7.69. The second-order valence-corrected chi connectivity index (χ2v) is 7.44. The Morgan fingerprint density at radius 2 is 2.32 bits per heavy atom. The van der Waals surface area contributed by atoms with Crippen LogP contribution in [0.1, 0.15) is 25.3 Å². The second-order valence-electron chi connectivity index (χ2n) is 5.18. The zero-order valence-corrected chi connectivity index (χ0v) is 15.6. The fourth-order valence-corrected chi connectivity index (χ4v) is 4.13. The minimum Gasteiger partial charge on any atom is -0.496 e. The highest BCUT2D eigenvalue weighted by atomic mass is 79.9. The van der Waals surface area contributed by atoms with Crippen LogP contribution in [0.25, 0.3) is 0 Å². The molecule has 22 heavy (non-hydrogen) atoms. The van der Waals surface area contributed by atoms with E-state index < -0.39 is 0 Å². The predicted molar refractivity (Wildman–Crippen MR) is 99.0 cm³/mol. The Labute approximate surface area is 145 Å². The van der Waals surface area contributed by atoms with Crippen molar-refractivity contribution < 1.29 is 4.74 Å². The van der Waals surface area contributed by atoms with Crippen LogP contribution in [0.3, 0.4) is 0 Å². The molecular weight excluding hydrogens is 362 g/mol. The van der Waals surface area contributed by atoms with E-state index in [4.69, 9.17) is 4.74 Å². The number of thioether (sulfide) groups is 1. The lowest BCUT2D eigenvalue weighted by Crippen LogP contribution is -2.40. The summed E-state index contributed by atoms with van der Waals surface area (Å²) in [5, 5.41) is 7.48. The van der Waals surface area contributed by atoms with Gasteiger partial charge >= 0.3 is 0 Å². The van der Waals surface area contributed by atoms with Crippen molar-refractivity contribution in [2.75, 3.05) is 26.0 Å². The minimum atomic E-state index is 0.649. The van der Waals surface area contributed by atoms with E-state index in [-0.39, 0.29) is 0 Å². The Morgan fingerprint density at radius 3 is 2.95 bits per heavy atom. The molecule has 0 saturated carbocycles. The molecule has 2 N–H and O–H groups in total. The SMILES string of the molecule is CCNC(=NCc1ccc(OC)c(Br)c1)NCC1CCCS1. The summed E-state index contributed by atoms with van der Waals surface area (Å²) in [6.07, 6.45) is 2.65. The van der Waals surface area contributed by atoms with Crippen molar-refractivity contribution in [3.8, 4) is 5.75 Å². The van der Waals surface area contributed by atoms with Crippen molar-refractivity contribution in [3.63, 3.8) is 0 Å². The smallest absolute Gasteiger partial charge is 0.191 e. The van der Waals surface area contributed by atoms with Gasteiger partial charge in [0.1, 0.15) is 5.75 Å². The number of ether oxygens (including phenoxy) is 1. The largest absolute Gasteiger partial charge is 0.496 e. The van der Waals surface area contributed by atoms with Crippen LogP contribution in [-0.4, -0.2) is 37.2 Å². The topological polar surface area (TPSA) is 45.7 Å². The summed E-state index contributed by atoms with van der Waals surface area (Å²) in [4.78, 5) is 4.66. The first-order valence-corrected chi connectivity index (χ1v) is 9.53. The van der Waals surface area contributed by atoms with Crippen LogP contribution in [-0.2, 0) is 6.54 Å². The summed E-state index contributed by atoms with van der Waals surface area (Å²) in [6.45, 7) is 4.60. The van der Waals surface area contributed by atoms with Crippen molar-refractivity contribution in [2.45, 2.75) is 31.6 Å². The van der Waals surface area contributed by atoms with E-state index in [1.54, 1.807) is 7.11 Å². The average molecular weight is 386 g/mol. The molecule has 0 radical (unpaired) electrons.